The van der Waals surface area contributed by atoms with E-state index in [1.54, 1.807) is 12.3 Å². The Morgan fingerprint density at radius 1 is 1.50 bits per heavy atom. The lowest BCUT2D eigenvalue weighted by Crippen LogP contribution is -2.29. The van der Waals surface area contributed by atoms with Gasteiger partial charge in [-0.1, -0.05) is 0 Å². The average Bonchev–Trinajstić information content (AvgIpc) is 2.86. The van der Waals surface area contributed by atoms with Crippen molar-refractivity contribution >= 4 is 17.1 Å². The van der Waals surface area contributed by atoms with Crippen molar-refractivity contribution in [3.05, 3.63) is 40.3 Å². The summed E-state index contributed by atoms with van der Waals surface area (Å²) >= 11 is 1.53. The minimum absolute atomic E-state index is 0.0161. The zero-order valence-corrected chi connectivity index (χ0v) is 10.3. The molecule has 0 saturated carbocycles. The average molecular weight is 261 g/mol. The SMILES string of the molecule is O=C1c2cc(O)ccc2OCC1Cc1nccs1. The Hall–Kier alpha value is -1.88. The molecule has 18 heavy (non-hydrogen) atoms. The summed E-state index contributed by atoms with van der Waals surface area (Å²) in [4.78, 5) is 16.5. The third-order valence-corrected chi connectivity index (χ3v) is 3.75. The van der Waals surface area contributed by atoms with Gasteiger partial charge in [-0.05, 0) is 18.2 Å². The first-order valence-electron chi connectivity index (χ1n) is 5.62. The van der Waals surface area contributed by atoms with Gasteiger partial charge in [-0.25, -0.2) is 4.98 Å². The third-order valence-electron chi connectivity index (χ3n) is 2.94. The van der Waals surface area contributed by atoms with Gasteiger partial charge < -0.3 is 9.84 Å². The van der Waals surface area contributed by atoms with E-state index in [4.69, 9.17) is 4.74 Å². The van der Waals surface area contributed by atoms with Gasteiger partial charge in [0, 0.05) is 18.0 Å². The first kappa shape index (κ1) is 11.2. The number of aromatic hydroxyl groups is 1. The van der Waals surface area contributed by atoms with Gasteiger partial charge >= 0.3 is 0 Å². The topological polar surface area (TPSA) is 59.4 Å². The Labute approximate surface area is 108 Å². The molecule has 0 amide bonds. The van der Waals surface area contributed by atoms with Crippen molar-refractivity contribution in [3.63, 3.8) is 0 Å². The number of ketones is 1. The van der Waals surface area contributed by atoms with Crippen molar-refractivity contribution in [1.82, 2.24) is 4.98 Å². The molecule has 4 nitrogen and oxygen atoms in total. The second-order valence-corrected chi connectivity index (χ2v) is 5.16. The van der Waals surface area contributed by atoms with Crippen LogP contribution in [0.3, 0.4) is 0 Å². The van der Waals surface area contributed by atoms with Crippen LogP contribution in [0.5, 0.6) is 11.5 Å². The maximum absolute atomic E-state index is 12.3. The molecule has 1 N–H and O–H groups in total. The summed E-state index contributed by atoms with van der Waals surface area (Å²) in [5.74, 6) is 0.432. The Kier molecular flexibility index (Phi) is 2.76. The van der Waals surface area contributed by atoms with Gasteiger partial charge in [-0.15, -0.1) is 11.3 Å². The molecule has 0 saturated heterocycles. The molecule has 0 fully saturated rings. The molecular weight excluding hydrogens is 250 g/mol. The summed E-state index contributed by atoms with van der Waals surface area (Å²) in [6.45, 7) is 0.371. The van der Waals surface area contributed by atoms with Crippen LogP contribution in [0.1, 0.15) is 15.4 Å². The van der Waals surface area contributed by atoms with Crippen LogP contribution in [0, 0.1) is 5.92 Å². The van der Waals surface area contributed by atoms with Crippen LogP contribution in [0.4, 0.5) is 0 Å². The molecule has 1 aliphatic rings. The van der Waals surface area contributed by atoms with Crippen LogP contribution in [0.15, 0.2) is 29.8 Å². The van der Waals surface area contributed by atoms with E-state index in [1.165, 1.54) is 23.5 Å². The van der Waals surface area contributed by atoms with E-state index in [1.807, 2.05) is 5.38 Å². The second-order valence-electron chi connectivity index (χ2n) is 4.18. The standard InChI is InChI=1S/C13H11NO3S/c15-9-1-2-11-10(6-9)13(16)8(7-17-11)5-12-14-3-4-18-12/h1-4,6,8,15H,5,7H2. The number of carbonyl (C=O) groups is 1. The summed E-state index contributed by atoms with van der Waals surface area (Å²) in [5, 5.41) is 12.3. The van der Waals surface area contributed by atoms with E-state index >= 15 is 0 Å². The number of hydrogen-bond acceptors (Lipinski definition) is 5. The van der Waals surface area contributed by atoms with Crippen LogP contribution in [-0.4, -0.2) is 22.5 Å². The van der Waals surface area contributed by atoms with Crippen molar-refractivity contribution in [2.75, 3.05) is 6.61 Å². The molecular formula is C13H11NO3S. The third kappa shape index (κ3) is 1.97. The number of fused-ring (bicyclic) bond motifs is 1. The molecule has 0 spiro atoms. The van der Waals surface area contributed by atoms with Gasteiger partial charge in [-0.3, -0.25) is 4.79 Å². The second kappa shape index (κ2) is 4.42. The van der Waals surface area contributed by atoms with E-state index in [2.05, 4.69) is 4.98 Å². The molecule has 92 valence electrons. The van der Waals surface area contributed by atoms with E-state index in [0.717, 1.165) is 5.01 Å². The van der Waals surface area contributed by atoms with Crippen molar-refractivity contribution in [1.29, 1.82) is 0 Å². The summed E-state index contributed by atoms with van der Waals surface area (Å²) < 4.78 is 5.56. The molecule has 1 aromatic carbocycles. The molecule has 0 bridgehead atoms. The zero-order chi connectivity index (χ0) is 12.5. The van der Waals surface area contributed by atoms with Crippen molar-refractivity contribution < 1.29 is 14.6 Å². The first-order chi connectivity index (χ1) is 8.74. The Balaban J connectivity index is 1.87. The summed E-state index contributed by atoms with van der Waals surface area (Å²) in [6, 6.07) is 4.61. The van der Waals surface area contributed by atoms with E-state index in [0.29, 0.717) is 24.3 Å². The minimum atomic E-state index is -0.217. The highest BCUT2D eigenvalue weighted by Crippen LogP contribution is 2.31. The Bertz CT molecular complexity index is 580. The number of rotatable bonds is 2. The number of Topliss-reactive ketones (excluding diaryl/α,β-unsaturated/α-hetero) is 1. The molecule has 1 atom stereocenters. The van der Waals surface area contributed by atoms with E-state index in [9.17, 15) is 9.90 Å². The number of benzene rings is 1. The summed E-state index contributed by atoms with van der Waals surface area (Å²) in [7, 11) is 0. The number of hydrogen-bond donors (Lipinski definition) is 1. The first-order valence-corrected chi connectivity index (χ1v) is 6.50. The normalized spacial score (nSPS) is 18.2. The maximum Gasteiger partial charge on any atom is 0.173 e. The fourth-order valence-electron chi connectivity index (χ4n) is 2.04. The number of phenols is 1. The largest absolute Gasteiger partial charge is 0.508 e. The molecule has 1 unspecified atom stereocenters. The number of carbonyl (C=O) groups excluding carboxylic acids is 1. The molecule has 1 aliphatic heterocycles. The molecule has 2 aromatic rings. The Morgan fingerprint density at radius 3 is 3.17 bits per heavy atom. The van der Waals surface area contributed by atoms with Gasteiger partial charge in [0.2, 0.25) is 0 Å². The number of ether oxygens (including phenoxy) is 1. The smallest absolute Gasteiger partial charge is 0.173 e. The lowest BCUT2D eigenvalue weighted by Gasteiger charge is -2.23. The van der Waals surface area contributed by atoms with E-state index in [-0.39, 0.29) is 17.5 Å². The number of thiazole rings is 1. The number of aromatic nitrogens is 1. The predicted molar refractivity (Wildman–Crippen MR) is 67.2 cm³/mol. The predicted octanol–water partition coefficient (Wildman–Crippen LogP) is 2.28. The lowest BCUT2D eigenvalue weighted by atomic mass is 9.92. The molecule has 1 aromatic heterocycles. The molecule has 0 aliphatic carbocycles. The van der Waals surface area contributed by atoms with Crippen molar-refractivity contribution in [2.45, 2.75) is 6.42 Å². The highest BCUT2D eigenvalue weighted by atomic mass is 32.1. The highest BCUT2D eigenvalue weighted by Gasteiger charge is 2.29. The van der Waals surface area contributed by atoms with Crippen LogP contribution in [-0.2, 0) is 6.42 Å². The number of phenolic OH excluding ortho intramolecular Hbond substituents is 1. The molecule has 0 radical (unpaired) electrons. The monoisotopic (exact) mass is 261 g/mol. The zero-order valence-electron chi connectivity index (χ0n) is 9.50. The van der Waals surface area contributed by atoms with Crippen molar-refractivity contribution in [2.24, 2.45) is 5.92 Å². The van der Waals surface area contributed by atoms with Gasteiger partial charge in [0.05, 0.1) is 23.1 Å². The summed E-state index contributed by atoms with van der Waals surface area (Å²) in [6.07, 6.45) is 2.32. The van der Waals surface area contributed by atoms with Gasteiger partial charge in [0.1, 0.15) is 11.5 Å². The van der Waals surface area contributed by atoms with Crippen LogP contribution >= 0.6 is 11.3 Å². The van der Waals surface area contributed by atoms with Gasteiger partial charge in [-0.2, -0.15) is 0 Å². The fraction of sp³-hybridized carbons (Fsp3) is 0.231. The minimum Gasteiger partial charge on any atom is -0.508 e. The quantitative estimate of drug-likeness (QED) is 0.901. The Morgan fingerprint density at radius 2 is 2.39 bits per heavy atom. The molecule has 5 heteroatoms. The van der Waals surface area contributed by atoms with Crippen LogP contribution < -0.4 is 4.74 Å². The maximum atomic E-state index is 12.3. The fourth-order valence-corrected chi connectivity index (χ4v) is 2.74. The molecule has 2 heterocycles. The number of nitrogens with zero attached hydrogens (tertiary/aromatic N) is 1. The van der Waals surface area contributed by atoms with Crippen LogP contribution in [0.2, 0.25) is 0 Å². The van der Waals surface area contributed by atoms with Crippen LogP contribution in [0.25, 0.3) is 0 Å². The van der Waals surface area contributed by atoms with Gasteiger partial charge in [0.25, 0.3) is 0 Å². The van der Waals surface area contributed by atoms with Crippen molar-refractivity contribution in [3.8, 4) is 11.5 Å². The summed E-state index contributed by atoms with van der Waals surface area (Å²) in [5.41, 5.74) is 0.461. The van der Waals surface area contributed by atoms with Gasteiger partial charge in [0.15, 0.2) is 5.78 Å². The van der Waals surface area contributed by atoms with E-state index < -0.39 is 0 Å². The highest BCUT2D eigenvalue weighted by molar-refractivity contribution is 7.09. The molecule has 3 rings (SSSR count). The lowest BCUT2D eigenvalue weighted by molar-refractivity contribution is 0.0830.